The quantitative estimate of drug-likeness (QED) is 0.752. The van der Waals surface area contributed by atoms with Gasteiger partial charge in [-0.15, -0.1) is 0 Å². The molecule has 0 amide bonds. The Labute approximate surface area is 109 Å². The van der Waals surface area contributed by atoms with Crippen LogP contribution in [0.15, 0.2) is 0 Å². The van der Waals surface area contributed by atoms with Crippen molar-refractivity contribution in [2.45, 2.75) is 45.6 Å². The van der Waals surface area contributed by atoms with Crippen LogP contribution >= 0.6 is 0 Å². The van der Waals surface area contributed by atoms with Crippen molar-refractivity contribution in [2.75, 3.05) is 13.1 Å². The van der Waals surface area contributed by atoms with Crippen LogP contribution in [0.1, 0.15) is 39.5 Å². The highest BCUT2D eigenvalue weighted by Crippen LogP contribution is 2.22. The highest BCUT2D eigenvalue weighted by atomic mass is 32.2. The second-order valence-corrected chi connectivity index (χ2v) is 6.81. The van der Waals surface area contributed by atoms with Crippen LogP contribution < -0.4 is 4.72 Å². The maximum atomic E-state index is 12.1. The fraction of sp³-hybridized carbons (Fsp3) is 0.909. The lowest BCUT2D eigenvalue weighted by Crippen LogP contribution is -2.50. The lowest BCUT2D eigenvalue weighted by atomic mass is 10.0. The van der Waals surface area contributed by atoms with E-state index in [0.29, 0.717) is 19.5 Å². The topological polar surface area (TPSA) is 86.7 Å². The molecule has 0 aromatic heterocycles. The third-order valence-corrected chi connectivity index (χ3v) is 4.60. The second-order valence-electron chi connectivity index (χ2n) is 5.11. The molecule has 0 spiro atoms. The monoisotopic (exact) mass is 278 g/mol. The Bertz CT molecular complexity index is 381. The number of nitrogens with one attached hydrogen (secondary N) is 1. The molecule has 6 nitrogen and oxygen atoms in total. The van der Waals surface area contributed by atoms with Crippen LogP contribution in [0, 0.1) is 5.92 Å². The van der Waals surface area contributed by atoms with E-state index in [4.69, 9.17) is 5.11 Å². The Hall–Kier alpha value is -0.660. The van der Waals surface area contributed by atoms with E-state index in [0.717, 1.165) is 12.8 Å². The average molecular weight is 278 g/mol. The van der Waals surface area contributed by atoms with Crippen LogP contribution in [-0.4, -0.2) is 42.9 Å². The van der Waals surface area contributed by atoms with E-state index in [9.17, 15) is 13.2 Å². The number of carboxylic acid groups (broad SMARTS) is 1. The smallest absolute Gasteiger partial charge is 0.304 e. The van der Waals surface area contributed by atoms with E-state index >= 15 is 0 Å². The second kappa shape index (κ2) is 6.49. The molecule has 1 rings (SSSR count). The van der Waals surface area contributed by atoms with Crippen molar-refractivity contribution in [3.05, 3.63) is 0 Å². The van der Waals surface area contributed by atoms with Crippen LogP contribution in [0.3, 0.4) is 0 Å². The molecule has 106 valence electrons. The summed E-state index contributed by atoms with van der Waals surface area (Å²) in [5.74, 6) is -0.728. The van der Waals surface area contributed by atoms with Crippen LogP contribution in [0.2, 0.25) is 0 Å². The number of aliphatic carboxylic acids is 1. The fourth-order valence-corrected chi connectivity index (χ4v) is 3.70. The van der Waals surface area contributed by atoms with Crippen LogP contribution in [0.5, 0.6) is 0 Å². The molecule has 18 heavy (non-hydrogen) atoms. The molecule has 1 fully saturated rings. The summed E-state index contributed by atoms with van der Waals surface area (Å²) in [6.45, 7) is 4.63. The van der Waals surface area contributed by atoms with Gasteiger partial charge in [0.15, 0.2) is 0 Å². The lowest BCUT2D eigenvalue weighted by Gasteiger charge is -2.33. The predicted molar refractivity (Wildman–Crippen MR) is 68.4 cm³/mol. The fourth-order valence-electron chi connectivity index (χ4n) is 2.05. The summed E-state index contributed by atoms with van der Waals surface area (Å²) in [4.78, 5) is 10.8. The molecule has 0 saturated carbocycles. The zero-order valence-corrected chi connectivity index (χ0v) is 11.7. The first kappa shape index (κ1) is 15.4. The molecule has 1 aliphatic heterocycles. The van der Waals surface area contributed by atoms with Gasteiger partial charge in [-0.1, -0.05) is 20.3 Å². The van der Waals surface area contributed by atoms with Crippen LogP contribution in [0.25, 0.3) is 0 Å². The van der Waals surface area contributed by atoms with Gasteiger partial charge in [-0.3, -0.25) is 4.79 Å². The summed E-state index contributed by atoms with van der Waals surface area (Å²) in [7, 11) is -3.55. The van der Waals surface area contributed by atoms with Crippen molar-refractivity contribution in [1.29, 1.82) is 0 Å². The first-order valence-electron chi connectivity index (χ1n) is 6.31. The van der Waals surface area contributed by atoms with Crippen molar-refractivity contribution in [2.24, 2.45) is 5.92 Å². The Morgan fingerprint density at radius 2 is 2.11 bits per heavy atom. The van der Waals surface area contributed by atoms with Gasteiger partial charge in [0, 0.05) is 19.1 Å². The minimum absolute atomic E-state index is 0.122. The molecule has 2 N–H and O–H groups in total. The zero-order valence-electron chi connectivity index (χ0n) is 10.9. The maximum absolute atomic E-state index is 12.1. The van der Waals surface area contributed by atoms with Crippen LogP contribution in [0.4, 0.5) is 0 Å². The highest BCUT2D eigenvalue weighted by Gasteiger charge is 2.33. The minimum atomic E-state index is -3.55. The third kappa shape index (κ3) is 4.55. The number of hydrogen-bond donors (Lipinski definition) is 2. The van der Waals surface area contributed by atoms with E-state index < -0.39 is 22.2 Å². The zero-order chi connectivity index (χ0) is 13.8. The third-order valence-electron chi connectivity index (χ3n) is 2.97. The van der Waals surface area contributed by atoms with Gasteiger partial charge in [0.25, 0.3) is 10.2 Å². The molecule has 1 atom stereocenters. The average Bonchev–Trinajstić information content (AvgIpc) is 2.26. The molecular weight excluding hydrogens is 256 g/mol. The predicted octanol–water partition coefficient (Wildman–Crippen LogP) is 0.806. The summed E-state index contributed by atoms with van der Waals surface area (Å²) in [5.41, 5.74) is 0. The Morgan fingerprint density at radius 1 is 1.44 bits per heavy atom. The van der Waals surface area contributed by atoms with Crippen molar-refractivity contribution in [1.82, 2.24) is 9.03 Å². The van der Waals surface area contributed by atoms with Gasteiger partial charge in [0.05, 0.1) is 6.42 Å². The molecule has 1 saturated heterocycles. The highest BCUT2D eigenvalue weighted by molar-refractivity contribution is 7.87. The SMILES string of the molecule is CC(C)CNS(=O)(=O)N1CCCCC1CC(=O)O. The molecule has 1 heterocycles. The van der Waals surface area contributed by atoms with Crippen molar-refractivity contribution < 1.29 is 18.3 Å². The van der Waals surface area contributed by atoms with Crippen molar-refractivity contribution in [3.63, 3.8) is 0 Å². The largest absolute Gasteiger partial charge is 0.481 e. The number of nitrogens with zero attached hydrogens (tertiary/aromatic N) is 1. The molecule has 7 heteroatoms. The van der Waals surface area contributed by atoms with E-state index in [1.54, 1.807) is 0 Å². The Balaban J connectivity index is 2.72. The minimum Gasteiger partial charge on any atom is -0.481 e. The van der Waals surface area contributed by atoms with Crippen molar-refractivity contribution >= 4 is 16.2 Å². The molecule has 1 aliphatic rings. The van der Waals surface area contributed by atoms with Gasteiger partial charge < -0.3 is 5.11 Å². The molecule has 0 aliphatic carbocycles. The van der Waals surface area contributed by atoms with Crippen molar-refractivity contribution in [3.8, 4) is 0 Å². The first-order chi connectivity index (χ1) is 8.33. The van der Waals surface area contributed by atoms with E-state index in [1.165, 1.54) is 4.31 Å². The molecule has 0 bridgehead atoms. The molecule has 0 aromatic carbocycles. The summed E-state index contributed by atoms with van der Waals surface area (Å²) in [5, 5.41) is 8.83. The summed E-state index contributed by atoms with van der Waals surface area (Å²) in [6.07, 6.45) is 2.17. The normalized spacial score (nSPS) is 22.3. The van der Waals surface area contributed by atoms with Gasteiger partial charge >= 0.3 is 5.97 Å². The summed E-state index contributed by atoms with van der Waals surface area (Å²) >= 11 is 0. The summed E-state index contributed by atoms with van der Waals surface area (Å²) in [6, 6.07) is -0.416. The molecule has 1 unspecified atom stereocenters. The van der Waals surface area contributed by atoms with Gasteiger partial charge in [-0.05, 0) is 18.8 Å². The molecular formula is C11H22N2O4S. The Morgan fingerprint density at radius 3 is 2.67 bits per heavy atom. The van der Waals surface area contributed by atoms with Gasteiger partial charge in [-0.25, -0.2) is 4.72 Å². The van der Waals surface area contributed by atoms with E-state index in [1.807, 2.05) is 13.8 Å². The van der Waals surface area contributed by atoms with Crippen LogP contribution in [-0.2, 0) is 15.0 Å². The number of piperidine rings is 1. The van der Waals surface area contributed by atoms with Gasteiger partial charge in [0.2, 0.25) is 0 Å². The number of hydrogen-bond acceptors (Lipinski definition) is 3. The standard InChI is InChI=1S/C11H22N2O4S/c1-9(2)8-12-18(16,17)13-6-4-3-5-10(13)7-11(14)15/h9-10,12H,3-8H2,1-2H3,(H,14,15). The molecule has 0 aromatic rings. The lowest BCUT2D eigenvalue weighted by molar-refractivity contribution is -0.138. The molecule has 0 radical (unpaired) electrons. The Kier molecular flexibility index (Phi) is 5.55. The number of rotatable bonds is 6. The number of carboxylic acids is 1. The first-order valence-corrected chi connectivity index (χ1v) is 7.75. The van der Waals surface area contributed by atoms with Gasteiger partial charge in [0.1, 0.15) is 0 Å². The van der Waals surface area contributed by atoms with Gasteiger partial charge in [-0.2, -0.15) is 12.7 Å². The summed E-state index contributed by atoms with van der Waals surface area (Å²) < 4.78 is 28.1. The van der Waals surface area contributed by atoms with E-state index in [2.05, 4.69) is 4.72 Å². The van der Waals surface area contributed by atoms with E-state index in [-0.39, 0.29) is 12.3 Å². The number of carbonyl (C=O) groups is 1. The maximum Gasteiger partial charge on any atom is 0.304 e.